The van der Waals surface area contributed by atoms with Crippen LogP contribution in [0.1, 0.15) is 36.7 Å². The van der Waals surface area contributed by atoms with Gasteiger partial charge in [-0.05, 0) is 43.1 Å². The molecular formula is C17H17N3O3S2. The molecule has 3 aromatic rings. The zero-order valence-corrected chi connectivity index (χ0v) is 15.7. The molecule has 1 N–H and O–H groups in total. The molecule has 0 fully saturated rings. The number of H-pyrrole nitrogens is 1. The summed E-state index contributed by atoms with van der Waals surface area (Å²) in [5.74, 6) is -0.580. The Labute approximate surface area is 153 Å². The number of carbonyl (C=O) groups excluding carboxylic acids is 1. The lowest BCUT2D eigenvalue weighted by atomic mass is 10.1. The minimum absolute atomic E-state index is 0.0171. The predicted octanol–water partition coefficient (Wildman–Crippen LogP) is 3.94. The van der Waals surface area contributed by atoms with Gasteiger partial charge in [-0.15, -0.1) is 11.3 Å². The molecule has 0 saturated heterocycles. The van der Waals surface area contributed by atoms with E-state index in [0.717, 1.165) is 11.3 Å². The SMILES string of the molecule is CC[C@@H](C)n1c(=S)[nH]c(=O)c2c(C(=O)OC)cc(-c3cccs3)nc21. The van der Waals surface area contributed by atoms with E-state index in [9.17, 15) is 9.59 Å². The van der Waals surface area contributed by atoms with Gasteiger partial charge < -0.3 is 4.74 Å². The smallest absolute Gasteiger partial charge is 0.338 e. The summed E-state index contributed by atoms with van der Waals surface area (Å²) < 4.78 is 6.95. The van der Waals surface area contributed by atoms with E-state index < -0.39 is 11.5 Å². The average Bonchev–Trinajstić information content (AvgIpc) is 3.14. The molecule has 6 nitrogen and oxygen atoms in total. The molecule has 0 aliphatic rings. The zero-order chi connectivity index (χ0) is 18.1. The van der Waals surface area contributed by atoms with Gasteiger partial charge in [0, 0.05) is 6.04 Å². The van der Waals surface area contributed by atoms with Gasteiger partial charge in [0.1, 0.15) is 5.65 Å². The number of methoxy groups -OCH3 is 1. The second kappa shape index (κ2) is 6.89. The number of aromatic amines is 1. The third-order valence-corrected chi connectivity index (χ3v) is 5.30. The second-order valence-electron chi connectivity index (χ2n) is 5.61. The van der Waals surface area contributed by atoms with Gasteiger partial charge >= 0.3 is 5.97 Å². The summed E-state index contributed by atoms with van der Waals surface area (Å²) in [6.45, 7) is 4.01. The van der Waals surface area contributed by atoms with E-state index in [-0.39, 0.29) is 17.0 Å². The molecule has 3 aromatic heterocycles. The molecule has 0 unspecified atom stereocenters. The first-order valence-electron chi connectivity index (χ1n) is 7.79. The summed E-state index contributed by atoms with van der Waals surface area (Å²) >= 11 is 6.85. The average molecular weight is 375 g/mol. The maximum Gasteiger partial charge on any atom is 0.338 e. The van der Waals surface area contributed by atoms with E-state index in [1.807, 2.05) is 31.4 Å². The van der Waals surface area contributed by atoms with Crippen LogP contribution in [-0.4, -0.2) is 27.6 Å². The van der Waals surface area contributed by atoms with Crippen molar-refractivity contribution in [2.45, 2.75) is 26.3 Å². The van der Waals surface area contributed by atoms with Crippen molar-refractivity contribution >= 4 is 40.6 Å². The fourth-order valence-corrected chi connectivity index (χ4v) is 3.70. The van der Waals surface area contributed by atoms with E-state index in [1.54, 1.807) is 10.6 Å². The monoisotopic (exact) mass is 375 g/mol. The number of esters is 1. The summed E-state index contributed by atoms with van der Waals surface area (Å²) in [6, 6.07) is 5.43. The van der Waals surface area contributed by atoms with E-state index in [4.69, 9.17) is 17.0 Å². The molecule has 0 bridgehead atoms. The number of rotatable bonds is 4. The number of pyridine rings is 1. The first kappa shape index (κ1) is 17.5. The van der Waals surface area contributed by atoms with Crippen LogP contribution in [0.15, 0.2) is 28.4 Å². The Kier molecular flexibility index (Phi) is 4.82. The molecule has 0 aliphatic carbocycles. The van der Waals surface area contributed by atoms with Gasteiger partial charge in [-0.2, -0.15) is 0 Å². The Morgan fingerprint density at radius 3 is 2.88 bits per heavy atom. The number of nitrogens with zero attached hydrogens (tertiary/aromatic N) is 2. The van der Waals surface area contributed by atoms with Gasteiger partial charge in [0.2, 0.25) is 0 Å². The number of hydrogen-bond acceptors (Lipinski definition) is 6. The minimum atomic E-state index is -0.580. The lowest BCUT2D eigenvalue weighted by molar-refractivity contribution is 0.0603. The summed E-state index contributed by atoms with van der Waals surface area (Å²) in [6.07, 6.45) is 0.800. The van der Waals surface area contributed by atoms with Crippen LogP contribution in [0, 0.1) is 4.77 Å². The molecule has 0 radical (unpaired) electrons. The van der Waals surface area contributed by atoms with E-state index in [0.29, 0.717) is 16.1 Å². The highest BCUT2D eigenvalue weighted by Crippen LogP contribution is 2.28. The number of carbonyl (C=O) groups is 1. The van der Waals surface area contributed by atoms with Gasteiger partial charge in [-0.3, -0.25) is 14.3 Å². The molecular weight excluding hydrogens is 358 g/mol. The molecule has 0 amide bonds. The van der Waals surface area contributed by atoms with Crippen LogP contribution in [0.2, 0.25) is 0 Å². The number of aromatic nitrogens is 3. The predicted molar refractivity (Wildman–Crippen MR) is 101 cm³/mol. The highest BCUT2D eigenvalue weighted by molar-refractivity contribution is 7.71. The van der Waals surface area contributed by atoms with Crippen LogP contribution in [0.4, 0.5) is 0 Å². The first-order valence-corrected chi connectivity index (χ1v) is 9.08. The Balaban J connectivity index is 2.50. The molecule has 0 aliphatic heterocycles. The maximum atomic E-state index is 12.5. The second-order valence-corrected chi connectivity index (χ2v) is 6.94. The van der Waals surface area contributed by atoms with Gasteiger partial charge in [0.05, 0.1) is 28.6 Å². The Bertz CT molecular complexity index is 1050. The van der Waals surface area contributed by atoms with E-state index >= 15 is 0 Å². The van der Waals surface area contributed by atoms with Crippen LogP contribution in [-0.2, 0) is 4.74 Å². The van der Waals surface area contributed by atoms with Crippen LogP contribution < -0.4 is 5.56 Å². The topological polar surface area (TPSA) is 77.0 Å². The summed E-state index contributed by atoms with van der Waals surface area (Å²) in [5.41, 5.74) is 0.753. The van der Waals surface area contributed by atoms with Gasteiger partial charge in [0.15, 0.2) is 4.77 Å². The highest BCUT2D eigenvalue weighted by Gasteiger charge is 2.21. The van der Waals surface area contributed by atoms with E-state index in [2.05, 4.69) is 9.97 Å². The molecule has 0 spiro atoms. The number of thiophene rings is 1. The third kappa shape index (κ3) is 3.03. The van der Waals surface area contributed by atoms with Crippen LogP contribution >= 0.6 is 23.6 Å². The fraction of sp³-hybridized carbons (Fsp3) is 0.294. The summed E-state index contributed by atoms with van der Waals surface area (Å²) in [5, 5.41) is 2.12. The fourth-order valence-electron chi connectivity index (χ4n) is 2.66. The van der Waals surface area contributed by atoms with Gasteiger partial charge in [0.25, 0.3) is 5.56 Å². The van der Waals surface area contributed by atoms with Crippen molar-refractivity contribution in [3.63, 3.8) is 0 Å². The van der Waals surface area contributed by atoms with Crippen LogP contribution in [0.25, 0.3) is 21.6 Å². The Morgan fingerprint density at radius 2 is 2.28 bits per heavy atom. The molecule has 8 heteroatoms. The Hall–Kier alpha value is -2.32. The van der Waals surface area contributed by atoms with Crippen molar-refractivity contribution in [2.24, 2.45) is 0 Å². The lowest BCUT2D eigenvalue weighted by Gasteiger charge is -2.18. The number of fused-ring (bicyclic) bond motifs is 1. The number of nitrogens with one attached hydrogen (secondary N) is 1. The molecule has 3 heterocycles. The van der Waals surface area contributed by atoms with E-state index in [1.165, 1.54) is 18.4 Å². The molecule has 1 atom stereocenters. The largest absolute Gasteiger partial charge is 0.465 e. The van der Waals surface area contributed by atoms with Crippen molar-refractivity contribution in [2.75, 3.05) is 7.11 Å². The molecule has 130 valence electrons. The summed E-state index contributed by atoms with van der Waals surface area (Å²) in [7, 11) is 1.29. The number of ether oxygens (including phenoxy) is 1. The molecule has 25 heavy (non-hydrogen) atoms. The van der Waals surface area contributed by atoms with Gasteiger partial charge in [-0.1, -0.05) is 13.0 Å². The van der Waals surface area contributed by atoms with Crippen LogP contribution in [0.5, 0.6) is 0 Å². The molecule has 0 aromatic carbocycles. The highest BCUT2D eigenvalue weighted by atomic mass is 32.1. The maximum absolute atomic E-state index is 12.5. The quantitative estimate of drug-likeness (QED) is 0.552. The van der Waals surface area contributed by atoms with Crippen molar-refractivity contribution in [1.82, 2.24) is 14.5 Å². The summed E-state index contributed by atoms with van der Waals surface area (Å²) in [4.78, 5) is 33.0. The molecule has 0 saturated carbocycles. The van der Waals surface area contributed by atoms with Crippen molar-refractivity contribution in [3.8, 4) is 10.6 Å². The van der Waals surface area contributed by atoms with Gasteiger partial charge in [-0.25, -0.2) is 9.78 Å². The normalized spacial score (nSPS) is 12.3. The van der Waals surface area contributed by atoms with Crippen molar-refractivity contribution < 1.29 is 9.53 Å². The minimum Gasteiger partial charge on any atom is -0.465 e. The third-order valence-electron chi connectivity index (χ3n) is 4.11. The van der Waals surface area contributed by atoms with Crippen molar-refractivity contribution in [1.29, 1.82) is 0 Å². The lowest BCUT2D eigenvalue weighted by Crippen LogP contribution is -2.21. The van der Waals surface area contributed by atoms with Crippen LogP contribution in [0.3, 0.4) is 0 Å². The first-order chi connectivity index (χ1) is 12.0. The standard InChI is InChI=1S/C17H17N3O3S2/c1-4-9(2)20-14-13(15(21)19-17(20)24)10(16(22)23-3)8-11(18-14)12-6-5-7-25-12/h5-9H,4H2,1-3H3,(H,19,21,24)/t9-/m1/s1. The number of hydrogen-bond donors (Lipinski definition) is 1. The molecule has 3 rings (SSSR count). The Morgan fingerprint density at radius 1 is 1.52 bits per heavy atom. The van der Waals surface area contributed by atoms with Crippen molar-refractivity contribution in [3.05, 3.63) is 44.3 Å². The zero-order valence-electron chi connectivity index (χ0n) is 14.0.